The van der Waals surface area contributed by atoms with Crippen LogP contribution in [0.25, 0.3) is 11.1 Å². The first kappa shape index (κ1) is 56.6. The maximum atomic E-state index is 14.1. The molecule has 4 aromatic carbocycles. The number of ether oxygens (including phenoxy) is 4. The molecule has 81 heavy (non-hydrogen) atoms. The molecule has 9 rings (SSSR count). The van der Waals surface area contributed by atoms with E-state index in [1.165, 1.54) is 26.4 Å². The Hall–Kier alpha value is -9.07. The first-order chi connectivity index (χ1) is 39.1. The maximum absolute atomic E-state index is 14.1. The minimum absolute atomic E-state index is 0.164. The van der Waals surface area contributed by atoms with E-state index in [4.69, 9.17) is 23.9 Å². The van der Waals surface area contributed by atoms with Gasteiger partial charge in [0.25, 0.3) is 23.6 Å². The third kappa shape index (κ3) is 13.2. The van der Waals surface area contributed by atoms with Crippen LogP contribution < -0.4 is 34.9 Å². The summed E-state index contributed by atoms with van der Waals surface area (Å²) in [5.74, 6) is -0.652. The molecule has 0 aliphatic carbocycles. The van der Waals surface area contributed by atoms with Crippen molar-refractivity contribution in [2.75, 3.05) is 39.3 Å². The molecule has 7 amide bonds. The zero-order chi connectivity index (χ0) is 57.3. The molecule has 0 saturated heterocycles. The third-order valence-electron chi connectivity index (χ3n) is 14.7. The van der Waals surface area contributed by atoms with Crippen LogP contribution >= 0.6 is 0 Å². The van der Waals surface area contributed by atoms with E-state index in [1.54, 1.807) is 91.5 Å². The highest BCUT2D eigenvalue weighted by Gasteiger charge is 2.36. The quantitative estimate of drug-likeness (QED) is 0.0385. The van der Waals surface area contributed by atoms with E-state index >= 15 is 0 Å². The van der Waals surface area contributed by atoms with Crippen molar-refractivity contribution in [3.63, 3.8) is 0 Å². The lowest BCUT2D eigenvalue weighted by Gasteiger charge is -2.24. The van der Waals surface area contributed by atoms with Crippen molar-refractivity contribution in [3.8, 4) is 28.7 Å². The molecule has 4 atom stereocenters. The van der Waals surface area contributed by atoms with Gasteiger partial charge in [-0.15, -0.1) is 0 Å². The van der Waals surface area contributed by atoms with Gasteiger partial charge in [0, 0.05) is 80.6 Å². The van der Waals surface area contributed by atoms with Crippen molar-refractivity contribution < 1.29 is 57.6 Å². The Morgan fingerprint density at radius 2 is 1.14 bits per heavy atom. The summed E-state index contributed by atoms with van der Waals surface area (Å²) in [5.41, 5.74) is 5.91. The second kappa shape index (κ2) is 25.4. The summed E-state index contributed by atoms with van der Waals surface area (Å²) in [6.07, 6.45) is 14.8. The number of phenols is 1. The van der Waals surface area contributed by atoms with Crippen LogP contribution in [0, 0.1) is 5.92 Å². The topological polar surface area (TPSA) is 247 Å². The number of carbonyl (C=O) groups is 7. The Morgan fingerprint density at radius 3 is 1.64 bits per heavy atom. The SMILES string of the molecule is COc1cc2c(cc1OCCCCCOc1cc3c(cc1OC)C(=O)N1C=C(c4ccc(NC(=O)[C@H](C)NC(=O)[C@@H](NC(=O)CCCCCN5C(=O)C=CC5=O)C(C)C)cc4)C[C@H]1C=N3)N=C[C@@H]1CC(c3ccc(O)cc3)=CN1C2=O. The monoisotopic (exact) mass is 1100 g/mol. The van der Waals surface area contributed by atoms with Gasteiger partial charge < -0.3 is 49.8 Å². The van der Waals surface area contributed by atoms with E-state index in [0.29, 0.717) is 109 Å². The van der Waals surface area contributed by atoms with Crippen LogP contribution in [0.3, 0.4) is 0 Å². The lowest BCUT2D eigenvalue weighted by atomic mass is 10.0. The van der Waals surface area contributed by atoms with Gasteiger partial charge in [-0.1, -0.05) is 44.5 Å². The van der Waals surface area contributed by atoms with E-state index in [-0.39, 0.29) is 66.3 Å². The second-order valence-corrected chi connectivity index (χ2v) is 20.7. The summed E-state index contributed by atoms with van der Waals surface area (Å²) in [7, 11) is 3.05. The fraction of sp³-hybridized carbons (Fsp3) is 0.361. The lowest BCUT2D eigenvalue weighted by Crippen LogP contribution is -2.53. The molecule has 0 spiro atoms. The number of hydrogen-bond acceptors (Lipinski definition) is 14. The second-order valence-electron chi connectivity index (χ2n) is 20.7. The van der Waals surface area contributed by atoms with Gasteiger partial charge in [0.05, 0.1) is 62.0 Å². The number of aliphatic imine (C=N–C) groups is 2. The fourth-order valence-electron chi connectivity index (χ4n) is 10.1. The highest BCUT2D eigenvalue weighted by Crippen LogP contribution is 2.42. The number of benzene rings is 4. The van der Waals surface area contributed by atoms with Crippen molar-refractivity contribution in [3.05, 3.63) is 120 Å². The van der Waals surface area contributed by atoms with E-state index in [0.717, 1.165) is 33.6 Å². The van der Waals surface area contributed by atoms with Crippen LogP contribution in [0.4, 0.5) is 17.1 Å². The van der Waals surface area contributed by atoms with Crippen LogP contribution in [-0.2, 0) is 24.0 Å². The normalized spacial score (nSPS) is 17.6. The van der Waals surface area contributed by atoms with Gasteiger partial charge in [-0.25, -0.2) is 0 Å². The summed E-state index contributed by atoms with van der Waals surface area (Å²) >= 11 is 0. The molecule has 422 valence electrons. The molecule has 5 heterocycles. The number of nitrogens with zero attached hydrogens (tertiary/aromatic N) is 5. The molecule has 0 radical (unpaired) electrons. The van der Waals surface area contributed by atoms with Crippen LogP contribution in [0.1, 0.15) is 110 Å². The Morgan fingerprint density at radius 1 is 0.630 bits per heavy atom. The standard InChI is InChI=1S/C61H66N8O12/c1-36(2)57(66-54(71)12-8-6-9-23-67-55(72)21-22-56(67)73)59(75)64-37(3)58(74)65-42-17-13-38(14-18-42)40-26-43-32-62-48-30-52(50(78-4)28-46(48)60(76)68(43)34-40)80-24-10-7-11-25-81-53-31-49-47(29-51(53)79-5)61(77)69-35-41(27-44(69)33-63-49)39-15-19-45(70)20-16-39/h13-22,28-37,43-44,57,70H,6-12,23-27H2,1-5H3,(H,64,75)(H,65,74)(H,66,71)/t37-,43-,44-,57-/m0/s1. The number of unbranched alkanes of at least 4 members (excludes halogenated alkanes) is 4. The predicted molar refractivity (Wildman–Crippen MR) is 304 cm³/mol. The molecule has 0 fully saturated rings. The summed E-state index contributed by atoms with van der Waals surface area (Å²) in [6.45, 7) is 6.22. The van der Waals surface area contributed by atoms with Gasteiger partial charge in [-0.05, 0) is 104 Å². The minimum Gasteiger partial charge on any atom is -0.508 e. The largest absolute Gasteiger partial charge is 0.508 e. The molecule has 0 saturated carbocycles. The van der Waals surface area contributed by atoms with E-state index in [1.807, 2.05) is 36.7 Å². The Labute approximate surface area is 469 Å². The van der Waals surface area contributed by atoms with Crippen LogP contribution in [-0.4, -0.2) is 132 Å². The molecule has 4 N–H and O–H groups in total. The van der Waals surface area contributed by atoms with Crippen molar-refractivity contribution in [1.29, 1.82) is 0 Å². The minimum atomic E-state index is -0.923. The van der Waals surface area contributed by atoms with Crippen molar-refractivity contribution in [2.45, 2.75) is 103 Å². The summed E-state index contributed by atoms with van der Waals surface area (Å²) in [5, 5.41) is 18.1. The molecular formula is C61H66N8O12. The number of amides is 7. The van der Waals surface area contributed by atoms with Gasteiger partial charge in [0.15, 0.2) is 23.0 Å². The van der Waals surface area contributed by atoms with Gasteiger partial charge in [-0.2, -0.15) is 0 Å². The van der Waals surface area contributed by atoms with Crippen LogP contribution in [0.15, 0.2) is 107 Å². The number of nitrogens with one attached hydrogen (secondary N) is 3. The highest BCUT2D eigenvalue weighted by molar-refractivity contribution is 6.13. The lowest BCUT2D eigenvalue weighted by molar-refractivity contribution is -0.137. The van der Waals surface area contributed by atoms with Gasteiger partial charge in [-0.3, -0.25) is 48.4 Å². The molecule has 5 aliphatic heterocycles. The number of rotatable bonds is 24. The third-order valence-corrected chi connectivity index (χ3v) is 14.7. The molecular weight excluding hydrogens is 1040 g/mol. The van der Waals surface area contributed by atoms with E-state index in [9.17, 15) is 38.7 Å². The number of hydrogen-bond donors (Lipinski definition) is 4. The number of fused-ring (bicyclic) bond motifs is 4. The molecule has 0 aromatic heterocycles. The first-order valence-electron chi connectivity index (χ1n) is 27.3. The Kier molecular flexibility index (Phi) is 17.7. The average Bonchev–Trinajstić information content (AvgIpc) is 4.15. The Balaban J connectivity index is 0.714. The average molecular weight is 1100 g/mol. The summed E-state index contributed by atoms with van der Waals surface area (Å²) in [4.78, 5) is 105. The fourth-order valence-corrected chi connectivity index (χ4v) is 10.1. The highest BCUT2D eigenvalue weighted by atomic mass is 16.5. The molecule has 20 nitrogen and oxygen atoms in total. The molecule has 0 bridgehead atoms. The van der Waals surface area contributed by atoms with Gasteiger partial charge >= 0.3 is 0 Å². The molecule has 4 aromatic rings. The Bertz CT molecular complexity index is 3240. The number of carbonyl (C=O) groups excluding carboxylic acids is 7. The number of anilines is 1. The number of methoxy groups -OCH3 is 2. The molecule has 5 aliphatic rings. The summed E-state index contributed by atoms with van der Waals surface area (Å²) in [6, 6.07) is 18.5. The number of phenolic OH excluding ortho intramolecular Hbond substituents is 1. The molecule has 0 unspecified atom stereocenters. The maximum Gasteiger partial charge on any atom is 0.260 e. The zero-order valence-electron chi connectivity index (χ0n) is 45.9. The predicted octanol–water partition coefficient (Wildman–Crippen LogP) is 8.05. The summed E-state index contributed by atoms with van der Waals surface area (Å²) < 4.78 is 23.7. The smallest absolute Gasteiger partial charge is 0.260 e. The van der Waals surface area contributed by atoms with Crippen molar-refractivity contribution in [2.24, 2.45) is 15.9 Å². The number of aromatic hydroxyl groups is 1. The van der Waals surface area contributed by atoms with Gasteiger partial charge in [0.1, 0.15) is 17.8 Å². The molecule has 20 heteroatoms. The van der Waals surface area contributed by atoms with E-state index in [2.05, 4.69) is 20.9 Å². The number of imide groups is 1. The van der Waals surface area contributed by atoms with Gasteiger partial charge in [0.2, 0.25) is 17.7 Å². The van der Waals surface area contributed by atoms with Crippen LogP contribution in [0.5, 0.6) is 28.7 Å². The zero-order valence-corrected chi connectivity index (χ0v) is 45.9. The van der Waals surface area contributed by atoms with Crippen molar-refractivity contribution in [1.82, 2.24) is 25.3 Å². The first-order valence-corrected chi connectivity index (χ1v) is 27.3. The van der Waals surface area contributed by atoms with Crippen LogP contribution in [0.2, 0.25) is 0 Å². The van der Waals surface area contributed by atoms with Crippen molar-refractivity contribution >= 4 is 82.0 Å². The van der Waals surface area contributed by atoms with E-state index < -0.39 is 23.9 Å².